The molecule has 0 aromatic carbocycles. The molecule has 2 aliphatic rings. The molecular formula is C8H13NO2. The Labute approximate surface area is 65.8 Å². The van der Waals surface area contributed by atoms with Crippen molar-refractivity contribution in [3.8, 4) is 0 Å². The molecule has 0 bridgehead atoms. The average molecular weight is 155 g/mol. The van der Waals surface area contributed by atoms with Gasteiger partial charge in [0.15, 0.2) is 0 Å². The van der Waals surface area contributed by atoms with Gasteiger partial charge in [0.25, 0.3) is 0 Å². The minimum Gasteiger partial charge on any atom is -0.481 e. The van der Waals surface area contributed by atoms with Gasteiger partial charge in [-0.2, -0.15) is 0 Å². The predicted octanol–water partition coefficient (Wildman–Crippen LogP) is 0.461. The quantitative estimate of drug-likeness (QED) is 0.609. The summed E-state index contributed by atoms with van der Waals surface area (Å²) in [7, 11) is 0. The zero-order chi connectivity index (χ0) is 7.90. The Morgan fingerprint density at radius 2 is 2.27 bits per heavy atom. The summed E-state index contributed by atoms with van der Waals surface area (Å²) in [5.41, 5.74) is -0.389. The Bertz CT molecular complexity index is 181. The van der Waals surface area contributed by atoms with E-state index in [1.165, 1.54) is 0 Å². The largest absolute Gasteiger partial charge is 0.481 e. The van der Waals surface area contributed by atoms with E-state index in [1.807, 2.05) is 0 Å². The number of carboxylic acid groups (broad SMARTS) is 1. The zero-order valence-electron chi connectivity index (χ0n) is 6.47. The van der Waals surface area contributed by atoms with Gasteiger partial charge in [-0.15, -0.1) is 0 Å². The van der Waals surface area contributed by atoms with E-state index in [1.54, 1.807) is 0 Å². The fourth-order valence-corrected chi connectivity index (χ4v) is 2.05. The molecule has 2 fully saturated rings. The van der Waals surface area contributed by atoms with Gasteiger partial charge in [-0.05, 0) is 31.7 Å². The van der Waals surface area contributed by atoms with Crippen LogP contribution in [-0.4, -0.2) is 24.2 Å². The Hall–Kier alpha value is -0.570. The lowest BCUT2D eigenvalue weighted by Crippen LogP contribution is -2.35. The van der Waals surface area contributed by atoms with Crippen molar-refractivity contribution in [3.63, 3.8) is 0 Å². The first-order valence-electron chi connectivity index (χ1n) is 4.20. The van der Waals surface area contributed by atoms with Crippen LogP contribution in [0.25, 0.3) is 0 Å². The van der Waals surface area contributed by atoms with Crippen molar-refractivity contribution in [1.82, 2.24) is 5.32 Å². The van der Waals surface area contributed by atoms with Crippen LogP contribution in [-0.2, 0) is 4.79 Å². The maximum absolute atomic E-state index is 11.0. The summed E-state index contributed by atoms with van der Waals surface area (Å²) in [6.45, 7) is 1.57. The van der Waals surface area contributed by atoms with Crippen LogP contribution in [0.1, 0.15) is 19.3 Å². The lowest BCUT2D eigenvalue weighted by molar-refractivity contribution is -0.149. The highest BCUT2D eigenvalue weighted by atomic mass is 16.4. The van der Waals surface area contributed by atoms with E-state index in [0.29, 0.717) is 12.5 Å². The monoisotopic (exact) mass is 155 g/mol. The second-order valence-corrected chi connectivity index (χ2v) is 3.66. The van der Waals surface area contributed by atoms with Gasteiger partial charge in [-0.25, -0.2) is 0 Å². The first-order chi connectivity index (χ1) is 5.26. The highest BCUT2D eigenvalue weighted by molar-refractivity contribution is 5.76. The van der Waals surface area contributed by atoms with Gasteiger partial charge in [0, 0.05) is 6.54 Å². The third-order valence-corrected chi connectivity index (χ3v) is 2.97. The second-order valence-electron chi connectivity index (χ2n) is 3.66. The Balaban J connectivity index is 2.17. The molecule has 2 N–H and O–H groups in total. The molecule has 3 nitrogen and oxygen atoms in total. The maximum atomic E-state index is 11.0. The van der Waals surface area contributed by atoms with E-state index >= 15 is 0 Å². The van der Waals surface area contributed by atoms with E-state index in [9.17, 15) is 4.79 Å². The van der Waals surface area contributed by atoms with E-state index < -0.39 is 5.97 Å². The van der Waals surface area contributed by atoms with Crippen molar-refractivity contribution >= 4 is 5.97 Å². The van der Waals surface area contributed by atoms with Crippen molar-refractivity contribution in [2.45, 2.75) is 19.3 Å². The lowest BCUT2D eigenvalue weighted by atomic mass is 9.82. The van der Waals surface area contributed by atoms with Crippen LogP contribution in [0.15, 0.2) is 0 Å². The lowest BCUT2D eigenvalue weighted by Gasteiger charge is -2.21. The second kappa shape index (κ2) is 2.21. The van der Waals surface area contributed by atoms with Gasteiger partial charge in [-0.3, -0.25) is 4.79 Å². The van der Waals surface area contributed by atoms with Gasteiger partial charge in [0.2, 0.25) is 0 Å². The summed E-state index contributed by atoms with van der Waals surface area (Å²) < 4.78 is 0. The number of aliphatic carboxylic acids is 1. The summed E-state index contributed by atoms with van der Waals surface area (Å²) in [5, 5.41) is 12.2. The molecule has 0 aromatic rings. The molecule has 1 heterocycles. The molecule has 0 spiro atoms. The molecule has 1 saturated heterocycles. The van der Waals surface area contributed by atoms with Crippen LogP contribution in [0, 0.1) is 11.3 Å². The molecule has 1 unspecified atom stereocenters. The first kappa shape index (κ1) is 7.10. The molecule has 1 aliphatic carbocycles. The highest BCUT2D eigenvalue weighted by Crippen LogP contribution is 2.49. The third kappa shape index (κ3) is 0.948. The molecule has 62 valence electrons. The first-order valence-corrected chi connectivity index (χ1v) is 4.20. The number of hydrogen-bond donors (Lipinski definition) is 2. The maximum Gasteiger partial charge on any atom is 0.311 e. The summed E-state index contributed by atoms with van der Waals surface area (Å²) >= 11 is 0. The molecular weight excluding hydrogens is 142 g/mol. The van der Waals surface area contributed by atoms with Crippen LogP contribution in [0.2, 0.25) is 0 Å². The van der Waals surface area contributed by atoms with Crippen molar-refractivity contribution in [3.05, 3.63) is 0 Å². The summed E-state index contributed by atoms with van der Waals surface area (Å²) in [6.07, 6.45) is 3.06. The van der Waals surface area contributed by atoms with E-state index in [2.05, 4.69) is 5.32 Å². The fraction of sp³-hybridized carbons (Fsp3) is 0.875. The molecule has 3 heteroatoms. The van der Waals surface area contributed by atoms with Gasteiger partial charge in [0.1, 0.15) is 0 Å². The van der Waals surface area contributed by atoms with E-state index in [4.69, 9.17) is 5.11 Å². The zero-order valence-corrected chi connectivity index (χ0v) is 6.47. The normalized spacial score (nSPS) is 37.5. The number of hydrogen-bond acceptors (Lipinski definition) is 2. The van der Waals surface area contributed by atoms with Crippen molar-refractivity contribution in [2.75, 3.05) is 13.1 Å². The molecule has 0 amide bonds. The molecule has 1 aliphatic heterocycles. The number of nitrogens with one attached hydrogen (secondary N) is 1. The molecule has 1 saturated carbocycles. The van der Waals surface area contributed by atoms with Crippen LogP contribution in [0.5, 0.6) is 0 Å². The van der Waals surface area contributed by atoms with E-state index in [0.717, 1.165) is 25.8 Å². The standard InChI is InChI=1S/C8H13NO2/c10-7(11)8(6-1-2-6)3-4-9-5-8/h6,9H,1-5H2,(H,10,11). The van der Waals surface area contributed by atoms with Crippen LogP contribution < -0.4 is 5.32 Å². The van der Waals surface area contributed by atoms with Crippen LogP contribution in [0.3, 0.4) is 0 Å². The molecule has 1 atom stereocenters. The van der Waals surface area contributed by atoms with Gasteiger partial charge in [-0.1, -0.05) is 0 Å². The Morgan fingerprint density at radius 3 is 2.64 bits per heavy atom. The number of rotatable bonds is 2. The number of carbonyl (C=O) groups is 1. The summed E-state index contributed by atoms with van der Waals surface area (Å²) in [4.78, 5) is 11.0. The Kier molecular flexibility index (Phi) is 1.42. The van der Waals surface area contributed by atoms with E-state index in [-0.39, 0.29) is 5.41 Å². The molecule has 2 rings (SSSR count). The van der Waals surface area contributed by atoms with Crippen molar-refractivity contribution in [2.24, 2.45) is 11.3 Å². The predicted molar refractivity (Wildman–Crippen MR) is 40.3 cm³/mol. The minimum atomic E-state index is -0.593. The fourth-order valence-electron chi connectivity index (χ4n) is 2.05. The molecule has 11 heavy (non-hydrogen) atoms. The molecule has 0 aromatic heterocycles. The third-order valence-electron chi connectivity index (χ3n) is 2.97. The molecule has 0 radical (unpaired) electrons. The van der Waals surface area contributed by atoms with Crippen molar-refractivity contribution < 1.29 is 9.90 Å². The van der Waals surface area contributed by atoms with Crippen LogP contribution in [0.4, 0.5) is 0 Å². The summed E-state index contributed by atoms with van der Waals surface area (Å²) in [5.74, 6) is -0.125. The van der Waals surface area contributed by atoms with Gasteiger partial charge >= 0.3 is 5.97 Å². The van der Waals surface area contributed by atoms with Crippen molar-refractivity contribution in [1.29, 1.82) is 0 Å². The SMILES string of the molecule is O=C(O)C1(C2CC2)CCNC1. The Morgan fingerprint density at radius 1 is 1.55 bits per heavy atom. The van der Waals surface area contributed by atoms with Gasteiger partial charge < -0.3 is 10.4 Å². The van der Waals surface area contributed by atoms with Gasteiger partial charge in [0.05, 0.1) is 5.41 Å². The minimum absolute atomic E-state index is 0.389. The smallest absolute Gasteiger partial charge is 0.311 e. The summed E-state index contributed by atoms with van der Waals surface area (Å²) in [6, 6.07) is 0. The highest BCUT2D eigenvalue weighted by Gasteiger charge is 2.52. The average Bonchev–Trinajstić information content (AvgIpc) is 2.69. The van der Waals surface area contributed by atoms with Crippen LogP contribution >= 0.6 is 0 Å². The topological polar surface area (TPSA) is 49.3 Å². The number of carboxylic acids is 1.